The van der Waals surface area contributed by atoms with E-state index < -0.39 is 0 Å². The molecule has 3 rings (SSSR count). The van der Waals surface area contributed by atoms with Crippen LogP contribution in [0.15, 0.2) is 24.4 Å². The number of rotatable bonds is 0. The first-order chi connectivity index (χ1) is 7.86. The molecule has 1 aromatic heterocycles. The van der Waals surface area contributed by atoms with E-state index in [0.717, 1.165) is 24.3 Å². The number of pyridine rings is 1. The Labute approximate surface area is 96.3 Å². The third-order valence-corrected chi connectivity index (χ3v) is 2.77. The monoisotopic (exact) mass is 215 g/mol. The molecular weight excluding hydrogens is 198 g/mol. The number of benzene rings is 1. The molecule has 2 nitrogen and oxygen atoms in total. The molecule has 0 fully saturated rings. The molecule has 0 saturated carbocycles. The standard InChI is InChI=1S/C12H11NO.C2H6/c1-8-2-3-10-11-9(5-7-14-10)4-6-13-12(8)11;1-2/h2-4,6H,5,7H2,1H3;1-2H3. The van der Waals surface area contributed by atoms with Gasteiger partial charge in [-0.1, -0.05) is 19.9 Å². The Hall–Kier alpha value is -1.57. The fourth-order valence-corrected chi connectivity index (χ4v) is 2.04. The fraction of sp³-hybridized carbons (Fsp3) is 0.357. The molecule has 0 spiro atoms. The summed E-state index contributed by atoms with van der Waals surface area (Å²) in [6.45, 7) is 6.87. The lowest BCUT2D eigenvalue weighted by molar-refractivity contribution is 0.318. The molecule has 16 heavy (non-hydrogen) atoms. The van der Waals surface area contributed by atoms with Crippen LogP contribution >= 0.6 is 0 Å². The first-order valence-corrected chi connectivity index (χ1v) is 5.86. The average molecular weight is 215 g/mol. The SMILES string of the molecule is CC.Cc1ccc2c3c(ccnc13)CCO2. The minimum Gasteiger partial charge on any atom is -0.493 e. The summed E-state index contributed by atoms with van der Waals surface area (Å²) >= 11 is 0. The Morgan fingerprint density at radius 2 is 2.00 bits per heavy atom. The maximum Gasteiger partial charge on any atom is 0.129 e. The molecule has 1 aliphatic heterocycles. The van der Waals surface area contributed by atoms with E-state index in [0.29, 0.717) is 0 Å². The molecule has 0 radical (unpaired) electrons. The van der Waals surface area contributed by atoms with E-state index in [1.165, 1.54) is 16.5 Å². The van der Waals surface area contributed by atoms with Gasteiger partial charge in [0.05, 0.1) is 12.1 Å². The Kier molecular flexibility index (Phi) is 3.09. The molecule has 1 aromatic carbocycles. The quantitative estimate of drug-likeness (QED) is 0.671. The molecule has 0 amide bonds. The molecule has 0 saturated heterocycles. The van der Waals surface area contributed by atoms with Gasteiger partial charge in [0.25, 0.3) is 0 Å². The van der Waals surface area contributed by atoms with E-state index >= 15 is 0 Å². The summed E-state index contributed by atoms with van der Waals surface area (Å²) in [5.41, 5.74) is 3.66. The molecule has 0 bridgehead atoms. The van der Waals surface area contributed by atoms with Gasteiger partial charge in [0, 0.05) is 18.0 Å². The normalized spacial score (nSPS) is 12.7. The van der Waals surface area contributed by atoms with Gasteiger partial charge in [-0.15, -0.1) is 0 Å². The molecular formula is C14H17NO. The van der Waals surface area contributed by atoms with Gasteiger partial charge < -0.3 is 4.74 Å². The fourth-order valence-electron chi connectivity index (χ4n) is 2.04. The first kappa shape index (κ1) is 10.9. The van der Waals surface area contributed by atoms with Crippen LogP contribution in [0.1, 0.15) is 25.0 Å². The van der Waals surface area contributed by atoms with Crippen LogP contribution in [0.4, 0.5) is 0 Å². The molecule has 2 heteroatoms. The van der Waals surface area contributed by atoms with Crippen LogP contribution in [0, 0.1) is 6.92 Å². The average Bonchev–Trinajstić information content (AvgIpc) is 2.37. The number of hydrogen-bond donors (Lipinski definition) is 0. The van der Waals surface area contributed by atoms with Crippen LogP contribution in [-0.2, 0) is 6.42 Å². The van der Waals surface area contributed by atoms with E-state index in [1.54, 1.807) is 0 Å². The van der Waals surface area contributed by atoms with Crippen molar-refractivity contribution in [3.05, 3.63) is 35.5 Å². The van der Waals surface area contributed by atoms with Crippen molar-refractivity contribution in [2.75, 3.05) is 6.61 Å². The zero-order valence-corrected chi connectivity index (χ0v) is 10.1. The van der Waals surface area contributed by atoms with Crippen molar-refractivity contribution >= 4 is 10.9 Å². The molecule has 2 aromatic rings. The van der Waals surface area contributed by atoms with Crippen LogP contribution < -0.4 is 4.74 Å². The maximum absolute atomic E-state index is 5.61. The summed E-state index contributed by atoms with van der Waals surface area (Å²) in [6, 6.07) is 6.20. The summed E-state index contributed by atoms with van der Waals surface area (Å²) in [4.78, 5) is 4.40. The van der Waals surface area contributed by atoms with Crippen molar-refractivity contribution < 1.29 is 4.74 Å². The van der Waals surface area contributed by atoms with Gasteiger partial charge in [-0.2, -0.15) is 0 Å². The minimum atomic E-state index is 0.787. The van der Waals surface area contributed by atoms with Gasteiger partial charge in [0.15, 0.2) is 0 Å². The smallest absolute Gasteiger partial charge is 0.129 e. The van der Waals surface area contributed by atoms with Crippen molar-refractivity contribution in [1.82, 2.24) is 4.98 Å². The second kappa shape index (κ2) is 4.52. The molecule has 0 aliphatic carbocycles. The van der Waals surface area contributed by atoms with Crippen molar-refractivity contribution in [2.24, 2.45) is 0 Å². The Balaban J connectivity index is 0.000000457. The number of nitrogens with zero attached hydrogens (tertiary/aromatic N) is 1. The molecule has 0 unspecified atom stereocenters. The zero-order chi connectivity index (χ0) is 11.5. The van der Waals surface area contributed by atoms with Crippen molar-refractivity contribution in [3.8, 4) is 5.75 Å². The largest absolute Gasteiger partial charge is 0.493 e. The molecule has 84 valence electrons. The van der Waals surface area contributed by atoms with E-state index in [9.17, 15) is 0 Å². The van der Waals surface area contributed by atoms with Crippen LogP contribution in [-0.4, -0.2) is 11.6 Å². The molecule has 0 N–H and O–H groups in total. The highest BCUT2D eigenvalue weighted by Crippen LogP contribution is 2.32. The predicted octanol–water partition coefficient (Wildman–Crippen LogP) is 3.50. The van der Waals surface area contributed by atoms with E-state index in [2.05, 4.69) is 24.0 Å². The molecule has 1 aliphatic rings. The van der Waals surface area contributed by atoms with Crippen LogP contribution in [0.5, 0.6) is 5.75 Å². The Morgan fingerprint density at radius 1 is 1.19 bits per heavy atom. The maximum atomic E-state index is 5.61. The van der Waals surface area contributed by atoms with Crippen molar-refractivity contribution in [2.45, 2.75) is 27.2 Å². The Morgan fingerprint density at radius 3 is 2.81 bits per heavy atom. The Bertz CT molecular complexity index is 495. The third kappa shape index (κ3) is 1.64. The topological polar surface area (TPSA) is 22.1 Å². The summed E-state index contributed by atoms with van der Waals surface area (Å²) < 4.78 is 5.61. The van der Waals surface area contributed by atoms with Gasteiger partial charge in [-0.25, -0.2) is 0 Å². The lowest BCUT2D eigenvalue weighted by Crippen LogP contribution is -2.09. The summed E-state index contributed by atoms with van der Waals surface area (Å²) in [5, 5.41) is 1.21. The van der Waals surface area contributed by atoms with Gasteiger partial charge in [-0.3, -0.25) is 4.98 Å². The van der Waals surface area contributed by atoms with Gasteiger partial charge >= 0.3 is 0 Å². The first-order valence-electron chi connectivity index (χ1n) is 5.86. The van der Waals surface area contributed by atoms with Gasteiger partial charge in [0.2, 0.25) is 0 Å². The van der Waals surface area contributed by atoms with Crippen LogP contribution in [0.3, 0.4) is 0 Å². The number of ether oxygens (including phenoxy) is 1. The van der Waals surface area contributed by atoms with Gasteiger partial charge in [-0.05, 0) is 30.2 Å². The minimum absolute atomic E-state index is 0.787. The molecule has 2 heterocycles. The highest BCUT2D eigenvalue weighted by atomic mass is 16.5. The number of aryl methyl sites for hydroxylation is 1. The van der Waals surface area contributed by atoms with Crippen LogP contribution in [0.2, 0.25) is 0 Å². The number of aromatic nitrogens is 1. The summed E-state index contributed by atoms with van der Waals surface area (Å²) in [5.74, 6) is 0.986. The summed E-state index contributed by atoms with van der Waals surface area (Å²) in [6.07, 6.45) is 2.88. The lowest BCUT2D eigenvalue weighted by atomic mass is 10.0. The van der Waals surface area contributed by atoms with E-state index in [-0.39, 0.29) is 0 Å². The second-order valence-electron chi connectivity index (χ2n) is 3.67. The highest BCUT2D eigenvalue weighted by Gasteiger charge is 2.14. The predicted molar refractivity (Wildman–Crippen MR) is 67.0 cm³/mol. The van der Waals surface area contributed by atoms with Gasteiger partial charge in [0.1, 0.15) is 5.75 Å². The van der Waals surface area contributed by atoms with E-state index in [1.807, 2.05) is 26.1 Å². The zero-order valence-electron chi connectivity index (χ0n) is 10.1. The molecule has 0 atom stereocenters. The van der Waals surface area contributed by atoms with Crippen LogP contribution in [0.25, 0.3) is 10.9 Å². The highest BCUT2D eigenvalue weighted by molar-refractivity contribution is 5.91. The van der Waals surface area contributed by atoms with Crippen molar-refractivity contribution in [3.63, 3.8) is 0 Å². The summed E-state index contributed by atoms with van der Waals surface area (Å²) in [7, 11) is 0. The number of hydrogen-bond acceptors (Lipinski definition) is 2. The lowest BCUT2D eigenvalue weighted by Gasteiger charge is -2.18. The van der Waals surface area contributed by atoms with E-state index in [4.69, 9.17) is 4.74 Å². The third-order valence-electron chi connectivity index (χ3n) is 2.77. The van der Waals surface area contributed by atoms with Crippen molar-refractivity contribution in [1.29, 1.82) is 0 Å². The second-order valence-corrected chi connectivity index (χ2v) is 3.67.